The summed E-state index contributed by atoms with van der Waals surface area (Å²) in [5.74, 6) is -0.0956. The van der Waals surface area contributed by atoms with Gasteiger partial charge in [0.15, 0.2) is 9.84 Å². The standard InChI is InChI=1S/C14H13NO5S/c1-20-14-9-12(15(16)17)8-7-11(14)10-21(18,19)13-5-3-2-4-6-13/h2-9H,10H2,1H3. The summed E-state index contributed by atoms with van der Waals surface area (Å²) < 4.78 is 29.6. The lowest BCUT2D eigenvalue weighted by Gasteiger charge is -2.09. The van der Waals surface area contributed by atoms with Crippen molar-refractivity contribution in [1.82, 2.24) is 0 Å². The maximum Gasteiger partial charge on any atom is 0.273 e. The highest BCUT2D eigenvalue weighted by atomic mass is 32.2. The van der Waals surface area contributed by atoms with Crippen LogP contribution in [0.2, 0.25) is 0 Å². The van der Waals surface area contributed by atoms with Crippen molar-refractivity contribution in [2.24, 2.45) is 0 Å². The van der Waals surface area contributed by atoms with Crippen LogP contribution in [0.5, 0.6) is 5.75 Å². The lowest BCUT2D eigenvalue weighted by molar-refractivity contribution is -0.384. The molecular weight excluding hydrogens is 294 g/mol. The number of rotatable bonds is 5. The van der Waals surface area contributed by atoms with Gasteiger partial charge in [0.25, 0.3) is 5.69 Å². The molecule has 6 nitrogen and oxygen atoms in total. The van der Waals surface area contributed by atoms with E-state index in [-0.39, 0.29) is 22.1 Å². The Morgan fingerprint density at radius 1 is 1.14 bits per heavy atom. The number of nitro groups is 1. The first-order chi connectivity index (χ1) is 9.94. The van der Waals surface area contributed by atoms with Crippen LogP contribution in [0.3, 0.4) is 0 Å². The smallest absolute Gasteiger partial charge is 0.273 e. The summed E-state index contributed by atoms with van der Waals surface area (Å²) in [5, 5.41) is 10.7. The SMILES string of the molecule is COc1cc([N+](=O)[O-])ccc1CS(=O)(=O)c1ccccc1. The lowest BCUT2D eigenvalue weighted by atomic mass is 10.2. The van der Waals surface area contributed by atoms with Gasteiger partial charge in [-0.2, -0.15) is 0 Å². The summed E-state index contributed by atoms with van der Waals surface area (Å²) in [4.78, 5) is 10.4. The van der Waals surface area contributed by atoms with E-state index in [4.69, 9.17) is 4.74 Å². The fourth-order valence-electron chi connectivity index (χ4n) is 1.88. The molecule has 21 heavy (non-hydrogen) atoms. The molecule has 2 aromatic rings. The first kappa shape index (κ1) is 15.0. The number of nitrogens with zero attached hydrogens (tertiary/aromatic N) is 1. The summed E-state index contributed by atoms with van der Waals surface area (Å²) in [5.41, 5.74) is 0.236. The maximum absolute atomic E-state index is 12.3. The van der Waals surface area contributed by atoms with Crippen molar-refractivity contribution in [3.8, 4) is 5.75 Å². The van der Waals surface area contributed by atoms with Gasteiger partial charge in [-0.1, -0.05) is 18.2 Å². The van der Waals surface area contributed by atoms with Crippen LogP contribution in [0.15, 0.2) is 53.4 Å². The Morgan fingerprint density at radius 3 is 2.38 bits per heavy atom. The van der Waals surface area contributed by atoms with Crippen LogP contribution in [0, 0.1) is 10.1 Å². The Bertz CT molecular complexity index is 756. The number of ether oxygens (including phenoxy) is 1. The van der Waals surface area contributed by atoms with Gasteiger partial charge in [-0.3, -0.25) is 10.1 Å². The second-order valence-corrected chi connectivity index (χ2v) is 6.31. The van der Waals surface area contributed by atoms with Crippen molar-refractivity contribution in [2.75, 3.05) is 7.11 Å². The number of nitro benzene ring substituents is 1. The van der Waals surface area contributed by atoms with Gasteiger partial charge in [-0.25, -0.2) is 8.42 Å². The van der Waals surface area contributed by atoms with Crippen LogP contribution in [-0.4, -0.2) is 20.5 Å². The summed E-state index contributed by atoms with van der Waals surface area (Å²) in [7, 11) is -2.18. The van der Waals surface area contributed by atoms with Crippen molar-refractivity contribution in [1.29, 1.82) is 0 Å². The number of hydrogen-bond donors (Lipinski definition) is 0. The van der Waals surface area contributed by atoms with Gasteiger partial charge in [0.05, 0.1) is 28.7 Å². The van der Waals surface area contributed by atoms with Crippen LogP contribution in [0.1, 0.15) is 5.56 Å². The molecule has 0 atom stereocenters. The third-order valence-corrected chi connectivity index (χ3v) is 4.61. The Kier molecular flexibility index (Phi) is 4.23. The topological polar surface area (TPSA) is 86.5 Å². The number of hydrogen-bond acceptors (Lipinski definition) is 5. The van der Waals surface area contributed by atoms with Crippen molar-refractivity contribution in [2.45, 2.75) is 10.6 Å². The van der Waals surface area contributed by atoms with Crippen LogP contribution in [0.25, 0.3) is 0 Å². The predicted molar refractivity (Wildman–Crippen MR) is 77.0 cm³/mol. The number of sulfone groups is 1. The minimum absolute atomic E-state index is 0.146. The Morgan fingerprint density at radius 2 is 1.81 bits per heavy atom. The highest BCUT2D eigenvalue weighted by Crippen LogP contribution is 2.27. The molecule has 0 saturated carbocycles. The van der Waals surface area contributed by atoms with Gasteiger partial charge in [-0.05, 0) is 18.2 Å². The van der Waals surface area contributed by atoms with E-state index in [9.17, 15) is 18.5 Å². The van der Waals surface area contributed by atoms with Crippen LogP contribution >= 0.6 is 0 Å². The van der Waals surface area contributed by atoms with E-state index < -0.39 is 14.8 Å². The molecule has 2 aromatic carbocycles. The predicted octanol–water partition coefficient (Wildman–Crippen LogP) is 2.58. The maximum atomic E-state index is 12.3. The van der Waals surface area contributed by atoms with Crippen LogP contribution < -0.4 is 4.74 Å². The second kappa shape index (κ2) is 5.92. The quantitative estimate of drug-likeness (QED) is 0.626. The number of non-ortho nitro benzene ring substituents is 1. The minimum Gasteiger partial charge on any atom is -0.496 e. The van der Waals surface area contributed by atoms with E-state index in [2.05, 4.69) is 0 Å². The average Bonchev–Trinajstić information content (AvgIpc) is 2.48. The molecule has 0 radical (unpaired) electrons. The fourth-order valence-corrected chi connectivity index (χ4v) is 3.27. The normalized spacial score (nSPS) is 11.1. The molecule has 0 aromatic heterocycles. The molecule has 0 aliphatic rings. The molecule has 0 aliphatic heterocycles. The zero-order valence-corrected chi connectivity index (χ0v) is 12.0. The highest BCUT2D eigenvalue weighted by Gasteiger charge is 2.19. The van der Waals surface area contributed by atoms with Gasteiger partial charge >= 0.3 is 0 Å². The third kappa shape index (κ3) is 3.38. The first-order valence-electron chi connectivity index (χ1n) is 6.03. The van der Waals surface area contributed by atoms with E-state index in [1.54, 1.807) is 18.2 Å². The number of benzene rings is 2. The van der Waals surface area contributed by atoms with Crippen molar-refractivity contribution in [3.05, 3.63) is 64.2 Å². The minimum atomic E-state index is -3.53. The van der Waals surface area contributed by atoms with E-state index in [0.29, 0.717) is 5.56 Å². The second-order valence-electron chi connectivity index (χ2n) is 4.33. The number of methoxy groups -OCH3 is 1. The molecule has 2 rings (SSSR count). The molecule has 0 fully saturated rings. The monoisotopic (exact) mass is 307 g/mol. The van der Waals surface area contributed by atoms with Gasteiger partial charge in [0.2, 0.25) is 0 Å². The molecule has 110 valence electrons. The molecular formula is C14H13NO5S. The van der Waals surface area contributed by atoms with E-state index in [1.165, 1.54) is 37.4 Å². The fraction of sp³-hybridized carbons (Fsp3) is 0.143. The molecule has 0 amide bonds. The largest absolute Gasteiger partial charge is 0.496 e. The van der Waals surface area contributed by atoms with Gasteiger partial charge < -0.3 is 4.74 Å². The van der Waals surface area contributed by atoms with Crippen molar-refractivity contribution in [3.63, 3.8) is 0 Å². The molecule has 0 aliphatic carbocycles. The van der Waals surface area contributed by atoms with Gasteiger partial charge in [0, 0.05) is 11.6 Å². The highest BCUT2D eigenvalue weighted by molar-refractivity contribution is 7.90. The lowest BCUT2D eigenvalue weighted by Crippen LogP contribution is -2.06. The van der Waals surface area contributed by atoms with Crippen molar-refractivity contribution >= 4 is 15.5 Å². The van der Waals surface area contributed by atoms with Gasteiger partial charge in [0.1, 0.15) is 5.75 Å². The zero-order valence-electron chi connectivity index (χ0n) is 11.2. The molecule has 0 bridgehead atoms. The summed E-state index contributed by atoms with van der Waals surface area (Å²) in [6.45, 7) is 0. The van der Waals surface area contributed by atoms with Crippen LogP contribution in [-0.2, 0) is 15.6 Å². The molecule has 0 saturated heterocycles. The molecule has 0 N–H and O–H groups in total. The van der Waals surface area contributed by atoms with Crippen LogP contribution in [0.4, 0.5) is 5.69 Å². The first-order valence-corrected chi connectivity index (χ1v) is 7.68. The molecule has 0 unspecified atom stereocenters. The molecule has 7 heteroatoms. The third-order valence-electron chi connectivity index (χ3n) is 2.93. The van der Waals surface area contributed by atoms with E-state index in [0.717, 1.165) is 0 Å². The summed E-state index contributed by atoms with van der Waals surface area (Å²) in [6, 6.07) is 11.9. The van der Waals surface area contributed by atoms with E-state index >= 15 is 0 Å². The van der Waals surface area contributed by atoms with Crippen molar-refractivity contribution < 1.29 is 18.1 Å². The zero-order chi connectivity index (χ0) is 15.5. The summed E-state index contributed by atoms with van der Waals surface area (Å²) in [6.07, 6.45) is 0. The average molecular weight is 307 g/mol. The summed E-state index contributed by atoms with van der Waals surface area (Å²) >= 11 is 0. The van der Waals surface area contributed by atoms with E-state index in [1.807, 2.05) is 0 Å². The Labute approximate surface area is 122 Å². The molecule has 0 spiro atoms. The Balaban J connectivity index is 2.38. The Hall–Kier alpha value is -2.41. The van der Waals surface area contributed by atoms with Gasteiger partial charge in [-0.15, -0.1) is 0 Å². The molecule has 0 heterocycles.